The lowest BCUT2D eigenvalue weighted by Gasteiger charge is -2.29. The zero-order valence-electron chi connectivity index (χ0n) is 29.9. The van der Waals surface area contributed by atoms with Crippen LogP contribution in [0.1, 0.15) is 25.0 Å². The molecular weight excluding hydrogens is 641 g/mol. The van der Waals surface area contributed by atoms with Gasteiger partial charge >= 0.3 is 0 Å². The highest BCUT2D eigenvalue weighted by atomic mass is 15.1. The summed E-state index contributed by atoms with van der Waals surface area (Å²) < 4.78 is 2.43. The molecule has 0 radical (unpaired) electrons. The summed E-state index contributed by atoms with van der Waals surface area (Å²) in [6, 6.07) is 70.9. The summed E-state index contributed by atoms with van der Waals surface area (Å²) in [6.07, 6.45) is 0. The maximum absolute atomic E-state index is 2.45. The minimum atomic E-state index is -0.121. The average Bonchev–Trinajstić information content (AvgIpc) is 3.67. The molecule has 0 amide bonds. The smallest absolute Gasteiger partial charge is 0.0568 e. The highest BCUT2D eigenvalue weighted by molar-refractivity contribution is 6.17. The predicted octanol–water partition coefficient (Wildman–Crippen LogP) is 13.9. The molecule has 1 heterocycles. The van der Waals surface area contributed by atoms with Gasteiger partial charge in [0.2, 0.25) is 0 Å². The standard InChI is InChI=1S/C51H38N2/c1-51(2)46-24-14-12-22-42(46)43-31-30-40(33-47(43)51)52(39-28-26-36(27-29-39)35-16-6-3-7-17-35)41-32-45(37-18-8-4-9-19-37)50-44-23-13-15-25-48(44)53(49(50)34-41)38-20-10-5-11-21-38/h3-34H,1-2H3. The minimum absolute atomic E-state index is 0.121. The van der Waals surface area contributed by atoms with Gasteiger partial charge in [-0.25, -0.2) is 0 Å². The Morgan fingerprint density at radius 3 is 1.74 bits per heavy atom. The van der Waals surface area contributed by atoms with Crippen molar-refractivity contribution in [3.63, 3.8) is 0 Å². The molecule has 252 valence electrons. The Morgan fingerprint density at radius 1 is 0.396 bits per heavy atom. The van der Waals surface area contributed by atoms with Crippen molar-refractivity contribution in [2.75, 3.05) is 4.90 Å². The van der Waals surface area contributed by atoms with Crippen LogP contribution in [0.4, 0.5) is 17.1 Å². The lowest BCUT2D eigenvalue weighted by atomic mass is 9.82. The second kappa shape index (κ2) is 12.3. The highest BCUT2D eigenvalue weighted by Crippen LogP contribution is 2.51. The Balaban J connectivity index is 1.26. The third-order valence-corrected chi connectivity index (χ3v) is 11.2. The molecule has 2 heteroatoms. The lowest BCUT2D eigenvalue weighted by Crippen LogP contribution is -2.16. The molecule has 8 aromatic carbocycles. The van der Waals surface area contributed by atoms with Gasteiger partial charge in [-0.05, 0) is 99.1 Å². The van der Waals surface area contributed by atoms with Crippen molar-refractivity contribution in [2.45, 2.75) is 19.3 Å². The first-order valence-corrected chi connectivity index (χ1v) is 18.4. The van der Waals surface area contributed by atoms with Crippen LogP contribution in [-0.4, -0.2) is 4.57 Å². The number of nitrogens with zero attached hydrogens (tertiary/aromatic N) is 2. The van der Waals surface area contributed by atoms with E-state index in [1.54, 1.807) is 0 Å². The zero-order valence-corrected chi connectivity index (χ0v) is 29.9. The summed E-state index contributed by atoms with van der Waals surface area (Å²) in [4.78, 5) is 2.45. The second-order valence-corrected chi connectivity index (χ2v) is 14.6. The molecule has 0 N–H and O–H groups in total. The second-order valence-electron chi connectivity index (χ2n) is 14.6. The Kier molecular flexibility index (Phi) is 7.19. The summed E-state index contributed by atoms with van der Waals surface area (Å²) in [5, 5.41) is 2.50. The number of fused-ring (bicyclic) bond motifs is 6. The normalized spacial score (nSPS) is 12.9. The molecule has 0 unspecified atom stereocenters. The number of anilines is 3. The van der Waals surface area contributed by atoms with Gasteiger partial charge in [0.1, 0.15) is 0 Å². The number of para-hydroxylation sites is 2. The van der Waals surface area contributed by atoms with Crippen molar-refractivity contribution >= 4 is 38.9 Å². The summed E-state index contributed by atoms with van der Waals surface area (Å²) in [5.74, 6) is 0. The number of rotatable bonds is 6. The van der Waals surface area contributed by atoms with Crippen molar-refractivity contribution in [1.29, 1.82) is 0 Å². The van der Waals surface area contributed by atoms with Crippen LogP contribution in [0.25, 0.3) is 60.9 Å². The molecular formula is C51H38N2. The van der Waals surface area contributed by atoms with E-state index in [9.17, 15) is 0 Å². The molecule has 0 bridgehead atoms. The van der Waals surface area contributed by atoms with Crippen LogP contribution in [-0.2, 0) is 5.41 Å². The molecule has 0 atom stereocenters. The van der Waals surface area contributed by atoms with E-state index in [1.165, 1.54) is 66.3 Å². The zero-order chi connectivity index (χ0) is 35.5. The van der Waals surface area contributed by atoms with Gasteiger partial charge < -0.3 is 9.47 Å². The molecule has 0 fully saturated rings. The Hall–Kier alpha value is -6.64. The van der Waals surface area contributed by atoms with Gasteiger partial charge in [-0.1, -0.05) is 153 Å². The van der Waals surface area contributed by atoms with E-state index in [0.717, 1.165) is 22.7 Å². The molecule has 0 spiro atoms. The number of aromatic nitrogens is 1. The maximum Gasteiger partial charge on any atom is 0.0568 e. The fourth-order valence-corrected chi connectivity index (χ4v) is 8.62. The number of benzene rings is 8. The molecule has 0 aliphatic heterocycles. The molecule has 2 nitrogen and oxygen atoms in total. The average molecular weight is 679 g/mol. The summed E-state index contributed by atoms with van der Waals surface area (Å²) in [6.45, 7) is 4.72. The van der Waals surface area contributed by atoms with Gasteiger partial charge in [-0.2, -0.15) is 0 Å². The van der Waals surface area contributed by atoms with Crippen LogP contribution in [0.15, 0.2) is 194 Å². The van der Waals surface area contributed by atoms with E-state index in [0.29, 0.717) is 0 Å². The summed E-state index contributed by atoms with van der Waals surface area (Å²) in [7, 11) is 0. The highest BCUT2D eigenvalue weighted by Gasteiger charge is 2.36. The van der Waals surface area contributed by atoms with Crippen LogP contribution in [0.3, 0.4) is 0 Å². The quantitative estimate of drug-likeness (QED) is 0.170. The van der Waals surface area contributed by atoms with Crippen LogP contribution in [0.2, 0.25) is 0 Å². The maximum atomic E-state index is 2.45. The van der Waals surface area contributed by atoms with Crippen LogP contribution in [0.5, 0.6) is 0 Å². The van der Waals surface area contributed by atoms with Gasteiger partial charge in [0.15, 0.2) is 0 Å². The summed E-state index contributed by atoms with van der Waals surface area (Å²) in [5.41, 5.74) is 16.9. The predicted molar refractivity (Wildman–Crippen MR) is 224 cm³/mol. The first-order chi connectivity index (χ1) is 26.1. The fourth-order valence-electron chi connectivity index (χ4n) is 8.62. The molecule has 1 aliphatic rings. The van der Waals surface area contributed by atoms with Gasteiger partial charge in [0, 0.05) is 38.9 Å². The van der Waals surface area contributed by atoms with Crippen molar-refractivity contribution in [1.82, 2.24) is 4.57 Å². The molecule has 53 heavy (non-hydrogen) atoms. The van der Waals surface area contributed by atoms with E-state index < -0.39 is 0 Å². The van der Waals surface area contributed by atoms with E-state index >= 15 is 0 Å². The van der Waals surface area contributed by atoms with E-state index in [-0.39, 0.29) is 5.41 Å². The molecule has 0 saturated carbocycles. The number of hydrogen-bond donors (Lipinski definition) is 0. The first-order valence-electron chi connectivity index (χ1n) is 18.4. The monoisotopic (exact) mass is 678 g/mol. The van der Waals surface area contributed by atoms with Gasteiger partial charge in [0.25, 0.3) is 0 Å². The topological polar surface area (TPSA) is 8.17 Å². The molecule has 9 aromatic rings. The van der Waals surface area contributed by atoms with Gasteiger partial charge in [0.05, 0.1) is 11.0 Å². The van der Waals surface area contributed by atoms with E-state index in [1.807, 2.05) is 0 Å². The van der Waals surface area contributed by atoms with Gasteiger partial charge in [-0.15, -0.1) is 0 Å². The van der Waals surface area contributed by atoms with Crippen LogP contribution >= 0.6 is 0 Å². The van der Waals surface area contributed by atoms with E-state index in [4.69, 9.17) is 0 Å². The largest absolute Gasteiger partial charge is 0.310 e. The first kappa shape index (κ1) is 31.1. The van der Waals surface area contributed by atoms with E-state index in [2.05, 4.69) is 217 Å². The lowest BCUT2D eigenvalue weighted by molar-refractivity contribution is 0.660. The third kappa shape index (κ3) is 5.02. The van der Waals surface area contributed by atoms with Crippen molar-refractivity contribution < 1.29 is 0 Å². The van der Waals surface area contributed by atoms with Crippen LogP contribution < -0.4 is 4.90 Å². The number of hydrogen-bond acceptors (Lipinski definition) is 1. The van der Waals surface area contributed by atoms with Gasteiger partial charge in [-0.3, -0.25) is 0 Å². The minimum Gasteiger partial charge on any atom is -0.310 e. The molecule has 1 aliphatic carbocycles. The Morgan fingerprint density at radius 2 is 0.981 bits per heavy atom. The SMILES string of the molecule is CC1(C)c2ccccc2-c2ccc(N(c3ccc(-c4ccccc4)cc3)c3cc(-c4ccccc4)c4c5ccccc5n(-c5ccccc5)c4c3)cc21. The van der Waals surface area contributed by atoms with Crippen LogP contribution in [0, 0.1) is 0 Å². The molecule has 0 saturated heterocycles. The van der Waals surface area contributed by atoms with Crippen molar-refractivity contribution in [3.8, 4) is 39.1 Å². The van der Waals surface area contributed by atoms with Crippen molar-refractivity contribution in [3.05, 3.63) is 205 Å². The Bertz CT molecular complexity index is 2780. The summed E-state index contributed by atoms with van der Waals surface area (Å²) >= 11 is 0. The molecule has 10 rings (SSSR count). The van der Waals surface area contributed by atoms with Crippen molar-refractivity contribution in [2.24, 2.45) is 0 Å². The molecule has 1 aromatic heterocycles. The fraction of sp³-hybridized carbons (Fsp3) is 0.0588. The Labute approximate surface area is 310 Å². The third-order valence-electron chi connectivity index (χ3n) is 11.2.